The normalized spacial score (nSPS) is 21.4. The molecule has 3 heterocycles. The number of anilines is 2. The van der Waals surface area contributed by atoms with E-state index in [1.165, 1.54) is 18.3 Å². The molecule has 0 amide bonds. The fourth-order valence-corrected chi connectivity index (χ4v) is 6.09. The zero-order valence-electron chi connectivity index (χ0n) is 21.9. The standard InChI is InChI=1S/C26H25F5N6O3S/c1-8(14-16(27)18(29)20(31)19(30)17(14)28)33-26-34-9(2)15(25-36-21-10(3)32-5-4-13(21)41-25)24(37-26)35-12-6-11(7-38)22(39)23(12)40/h4-5,8,11-12,22-23,38-40H,6-7H2,1-3H3,(H2,33,34,35,37)/t8-,11-,12?,22-,23+/m1/s1. The number of halogens is 5. The number of fused-ring (bicyclic) bond motifs is 1. The Labute approximate surface area is 234 Å². The third-order valence-corrected chi connectivity index (χ3v) is 8.21. The Kier molecular flexibility index (Phi) is 7.80. The molecule has 1 aromatic carbocycles. The molecule has 9 nitrogen and oxygen atoms in total. The highest BCUT2D eigenvalue weighted by Crippen LogP contribution is 2.39. The van der Waals surface area contributed by atoms with Gasteiger partial charge in [-0.1, -0.05) is 0 Å². The van der Waals surface area contributed by atoms with Gasteiger partial charge in [0, 0.05) is 18.7 Å². The molecule has 1 unspecified atom stereocenters. The largest absolute Gasteiger partial charge is 0.396 e. The van der Waals surface area contributed by atoms with Crippen LogP contribution < -0.4 is 10.6 Å². The summed E-state index contributed by atoms with van der Waals surface area (Å²) in [5, 5.41) is 36.7. The van der Waals surface area contributed by atoms with Gasteiger partial charge in [0.15, 0.2) is 23.3 Å². The van der Waals surface area contributed by atoms with Crippen LogP contribution in [0.4, 0.5) is 33.7 Å². The number of nitrogens with one attached hydrogen (secondary N) is 2. The van der Waals surface area contributed by atoms with E-state index in [9.17, 15) is 37.3 Å². The average Bonchev–Trinajstić information content (AvgIpc) is 3.48. The lowest BCUT2D eigenvalue weighted by molar-refractivity contribution is 0.00446. The molecule has 15 heteroatoms. The number of hydrogen-bond acceptors (Lipinski definition) is 10. The first-order valence-corrected chi connectivity index (χ1v) is 13.4. The van der Waals surface area contributed by atoms with Gasteiger partial charge >= 0.3 is 0 Å². The van der Waals surface area contributed by atoms with Crippen LogP contribution in [-0.4, -0.2) is 60.1 Å². The summed E-state index contributed by atoms with van der Waals surface area (Å²) in [5.74, 6) is -11.1. The molecule has 41 heavy (non-hydrogen) atoms. The summed E-state index contributed by atoms with van der Waals surface area (Å²) in [5.41, 5.74) is 1.01. The second-order valence-electron chi connectivity index (χ2n) is 9.88. The van der Waals surface area contributed by atoms with Crippen LogP contribution in [0.3, 0.4) is 0 Å². The van der Waals surface area contributed by atoms with Crippen molar-refractivity contribution in [3.05, 3.63) is 58.3 Å². The lowest BCUT2D eigenvalue weighted by Gasteiger charge is -2.22. The Morgan fingerprint density at radius 2 is 1.61 bits per heavy atom. The topological polar surface area (TPSA) is 136 Å². The summed E-state index contributed by atoms with van der Waals surface area (Å²) in [6, 6.07) is -0.419. The summed E-state index contributed by atoms with van der Waals surface area (Å²) < 4.78 is 71.0. The van der Waals surface area contributed by atoms with Crippen molar-refractivity contribution in [2.75, 3.05) is 17.2 Å². The Morgan fingerprint density at radius 1 is 0.951 bits per heavy atom. The number of hydrogen-bond donors (Lipinski definition) is 5. The molecule has 5 atom stereocenters. The minimum atomic E-state index is -2.27. The van der Waals surface area contributed by atoms with Crippen LogP contribution in [0.1, 0.15) is 36.3 Å². The van der Waals surface area contributed by atoms with Gasteiger partial charge in [-0.25, -0.2) is 31.9 Å². The van der Waals surface area contributed by atoms with Crippen LogP contribution in [-0.2, 0) is 0 Å². The number of aryl methyl sites for hydroxylation is 2. The second kappa shape index (κ2) is 11.0. The number of aromatic nitrogens is 4. The van der Waals surface area contributed by atoms with E-state index < -0.39 is 64.9 Å². The minimum absolute atomic E-state index is 0.129. The number of nitrogens with zero attached hydrogens (tertiary/aromatic N) is 4. The van der Waals surface area contributed by atoms with Crippen molar-refractivity contribution in [2.45, 2.75) is 51.5 Å². The fraction of sp³-hybridized carbons (Fsp3) is 0.385. The van der Waals surface area contributed by atoms with Crippen LogP contribution in [0.15, 0.2) is 12.3 Å². The molecule has 0 radical (unpaired) electrons. The molecule has 4 aromatic rings. The molecule has 3 aromatic heterocycles. The molecule has 1 fully saturated rings. The quantitative estimate of drug-likeness (QED) is 0.121. The molecule has 0 saturated heterocycles. The lowest BCUT2D eigenvalue weighted by Crippen LogP contribution is -2.35. The minimum Gasteiger partial charge on any atom is -0.396 e. The van der Waals surface area contributed by atoms with Crippen molar-refractivity contribution < 1.29 is 37.3 Å². The Hall–Kier alpha value is -3.53. The number of aliphatic hydroxyl groups is 3. The summed E-state index contributed by atoms with van der Waals surface area (Å²) in [7, 11) is 0. The van der Waals surface area contributed by atoms with Crippen molar-refractivity contribution in [1.82, 2.24) is 19.9 Å². The highest BCUT2D eigenvalue weighted by molar-refractivity contribution is 7.21. The maximum absolute atomic E-state index is 14.5. The zero-order chi connectivity index (χ0) is 29.7. The van der Waals surface area contributed by atoms with E-state index >= 15 is 0 Å². The van der Waals surface area contributed by atoms with Crippen molar-refractivity contribution >= 4 is 33.3 Å². The van der Waals surface area contributed by atoms with E-state index in [1.54, 1.807) is 26.1 Å². The van der Waals surface area contributed by atoms with Gasteiger partial charge < -0.3 is 26.0 Å². The van der Waals surface area contributed by atoms with Crippen molar-refractivity contribution in [2.24, 2.45) is 5.92 Å². The smallest absolute Gasteiger partial charge is 0.225 e. The van der Waals surface area contributed by atoms with Gasteiger partial charge in [-0.3, -0.25) is 4.98 Å². The van der Waals surface area contributed by atoms with Gasteiger partial charge in [-0.2, -0.15) is 4.98 Å². The van der Waals surface area contributed by atoms with Gasteiger partial charge in [0.05, 0.1) is 45.4 Å². The van der Waals surface area contributed by atoms with Gasteiger partial charge in [-0.05, 0) is 33.3 Å². The number of thiazole rings is 1. The number of benzene rings is 1. The van der Waals surface area contributed by atoms with Gasteiger partial charge in [0.2, 0.25) is 11.8 Å². The first-order valence-electron chi connectivity index (χ1n) is 12.5. The maximum atomic E-state index is 14.5. The van der Waals surface area contributed by atoms with Gasteiger partial charge in [0.25, 0.3) is 0 Å². The predicted molar refractivity (Wildman–Crippen MR) is 141 cm³/mol. The Balaban J connectivity index is 1.58. The Bertz CT molecular complexity index is 1610. The summed E-state index contributed by atoms with van der Waals surface area (Å²) in [6.45, 7) is 4.24. The third kappa shape index (κ3) is 5.07. The van der Waals surface area contributed by atoms with E-state index in [-0.39, 0.29) is 24.8 Å². The summed E-state index contributed by atoms with van der Waals surface area (Å²) in [6.07, 6.45) is -0.637. The molecule has 0 spiro atoms. The van der Waals surface area contributed by atoms with Crippen molar-refractivity contribution in [1.29, 1.82) is 0 Å². The highest BCUT2D eigenvalue weighted by Gasteiger charge is 2.41. The van der Waals surface area contributed by atoms with E-state index in [2.05, 4.69) is 30.6 Å². The SMILES string of the molecule is Cc1nc(N[C@H](C)c2c(F)c(F)c(F)c(F)c2F)nc(NC2C[C@H](CO)[C@@H](O)[C@H]2O)c1-c1nc2c(C)nccc2s1. The lowest BCUT2D eigenvalue weighted by atomic mass is 10.1. The highest BCUT2D eigenvalue weighted by atomic mass is 32.1. The first kappa shape index (κ1) is 29.0. The molecule has 5 rings (SSSR count). The Morgan fingerprint density at radius 3 is 2.22 bits per heavy atom. The van der Waals surface area contributed by atoms with Crippen LogP contribution in [0.5, 0.6) is 0 Å². The number of pyridine rings is 1. The zero-order valence-corrected chi connectivity index (χ0v) is 22.7. The maximum Gasteiger partial charge on any atom is 0.225 e. The number of rotatable bonds is 7. The van der Waals surface area contributed by atoms with E-state index in [0.717, 1.165) is 4.70 Å². The molecule has 1 saturated carbocycles. The number of aliphatic hydroxyl groups excluding tert-OH is 3. The van der Waals surface area contributed by atoms with Crippen LogP contribution in [0.2, 0.25) is 0 Å². The van der Waals surface area contributed by atoms with Crippen LogP contribution >= 0.6 is 11.3 Å². The molecule has 0 aliphatic heterocycles. The summed E-state index contributed by atoms with van der Waals surface area (Å²) >= 11 is 1.32. The van der Waals surface area contributed by atoms with Crippen molar-refractivity contribution in [3.8, 4) is 10.6 Å². The molecule has 1 aliphatic rings. The van der Waals surface area contributed by atoms with Crippen molar-refractivity contribution in [3.63, 3.8) is 0 Å². The molecule has 0 bridgehead atoms. The second-order valence-corrected chi connectivity index (χ2v) is 10.9. The van der Waals surface area contributed by atoms with Crippen LogP contribution in [0, 0.1) is 48.9 Å². The molecule has 5 N–H and O–H groups in total. The first-order chi connectivity index (χ1) is 19.4. The van der Waals surface area contributed by atoms with E-state index in [0.29, 0.717) is 27.5 Å². The molecule has 218 valence electrons. The van der Waals surface area contributed by atoms with Crippen LogP contribution in [0.25, 0.3) is 20.8 Å². The molecular formula is C26H25F5N6O3S. The van der Waals surface area contributed by atoms with E-state index in [1.807, 2.05) is 0 Å². The monoisotopic (exact) mass is 596 g/mol. The van der Waals surface area contributed by atoms with Gasteiger partial charge in [-0.15, -0.1) is 11.3 Å². The van der Waals surface area contributed by atoms with E-state index in [4.69, 9.17) is 0 Å². The van der Waals surface area contributed by atoms with Gasteiger partial charge in [0.1, 0.15) is 22.4 Å². The molecular weight excluding hydrogens is 571 g/mol. The molecule has 1 aliphatic carbocycles. The summed E-state index contributed by atoms with van der Waals surface area (Å²) in [4.78, 5) is 17.7. The predicted octanol–water partition coefficient (Wildman–Crippen LogP) is 4.15. The third-order valence-electron chi connectivity index (χ3n) is 7.17. The average molecular weight is 597 g/mol. The fourth-order valence-electron chi connectivity index (χ4n) is 4.98.